The van der Waals surface area contributed by atoms with E-state index in [1.54, 1.807) is 5.38 Å². The number of anilines is 1. The highest BCUT2D eigenvalue weighted by atomic mass is 32.1. The molecule has 2 aromatic rings. The van der Waals surface area contributed by atoms with E-state index in [9.17, 15) is 14.4 Å². The average Bonchev–Trinajstić information content (AvgIpc) is 3.33. The Kier molecular flexibility index (Phi) is 6.59. The summed E-state index contributed by atoms with van der Waals surface area (Å²) in [7, 11) is 1.29. The van der Waals surface area contributed by atoms with E-state index in [0.29, 0.717) is 16.6 Å². The highest BCUT2D eigenvalue weighted by Gasteiger charge is 2.14. The number of benzene rings is 1. The summed E-state index contributed by atoms with van der Waals surface area (Å²) in [6.07, 6.45) is 3.27. The maximum Gasteiger partial charge on any atom is 0.344 e. The largest absolute Gasteiger partial charge is 0.482 e. The molecule has 0 spiro atoms. The van der Waals surface area contributed by atoms with Crippen LogP contribution in [0.15, 0.2) is 23.6 Å². The Balaban J connectivity index is 1.38. The van der Waals surface area contributed by atoms with Crippen LogP contribution in [-0.2, 0) is 43.1 Å². The fraction of sp³-hybridized carbons (Fsp3) is 0.368. The molecular formula is C19H20N2O6S. The maximum absolute atomic E-state index is 11.9. The molecule has 8 nitrogen and oxygen atoms in total. The minimum Gasteiger partial charge on any atom is -0.482 e. The van der Waals surface area contributed by atoms with Crippen molar-refractivity contribution in [3.8, 4) is 5.75 Å². The summed E-state index contributed by atoms with van der Waals surface area (Å²) in [5.41, 5.74) is 3.07. The molecule has 9 heteroatoms. The Bertz CT molecular complexity index is 879. The summed E-state index contributed by atoms with van der Waals surface area (Å²) in [5.74, 6) is -0.963. The summed E-state index contributed by atoms with van der Waals surface area (Å²) in [6.45, 7) is -0.717. The minimum absolute atomic E-state index is 0.0257. The molecule has 1 aliphatic rings. The second-order valence-electron chi connectivity index (χ2n) is 6.18. The molecule has 1 aromatic heterocycles. The van der Waals surface area contributed by atoms with Gasteiger partial charge in [-0.3, -0.25) is 14.9 Å². The molecule has 0 unspecified atom stereocenters. The highest BCUT2D eigenvalue weighted by molar-refractivity contribution is 7.13. The fourth-order valence-electron chi connectivity index (χ4n) is 2.79. The van der Waals surface area contributed by atoms with Crippen molar-refractivity contribution in [3.63, 3.8) is 0 Å². The van der Waals surface area contributed by atoms with E-state index in [1.807, 2.05) is 18.2 Å². The number of aromatic nitrogens is 1. The van der Waals surface area contributed by atoms with Gasteiger partial charge < -0.3 is 14.2 Å². The molecular weight excluding hydrogens is 384 g/mol. The van der Waals surface area contributed by atoms with Crippen LogP contribution in [0.2, 0.25) is 0 Å². The molecule has 0 saturated heterocycles. The molecule has 1 amide bonds. The first-order valence-corrected chi connectivity index (χ1v) is 9.63. The van der Waals surface area contributed by atoms with Crippen LogP contribution in [0.3, 0.4) is 0 Å². The van der Waals surface area contributed by atoms with Gasteiger partial charge in [-0.15, -0.1) is 11.3 Å². The quantitative estimate of drug-likeness (QED) is 0.670. The average molecular weight is 404 g/mol. The van der Waals surface area contributed by atoms with Crippen LogP contribution >= 0.6 is 11.3 Å². The van der Waals surface area contributed by atoms with E-state index in [-0.39, 0.29) is 13.0 Å². The van der Waals surface area contributed by atoms with Gasteiger partial charge in [0.05, 0.1) is 19.2 Å². The number of fused-ring (bicyclic) bond motifs is 1. The lowest BCUT2D eigenvalue weighted by atomic mass is 10.1. The van der Waals surface area contributed by atoms with Crippen molar-refractivity contribution in [2.45, 2.75) is 25.7 Å². The van der Waals surface area contributed by atoms with Crippen LogP contribution < -0.4 is 10.1 Å². The first-order valence-electron chi connectivity index (χ1n) is 8.75. The van der Waals surface area contributed by atoms with Crippen LogP contribution in [0, 0.1) is 0 Å². The Morgan fingerprint density at radius 1 is 1.14 bits per heavy atom. The summed E-state index contributed by atoms with van der Waals surface area (Å²) in [4.78, 5) is 38.9. The van der Waals surface area contributed by atoms with Gasteiger partial charge in [-0.05, 0) is 42.5 Å². The van der Waals surface area contributed by atoms with Gasteiger partial charge in [0.15, 0.2) is 18.3 Å². The van der Waals surface area contributed by atoms with Crippen LogP contribution in [0.5, 0.6) is 5.75 Å². The number of esters is 2. The molecule has 1 aliphatic carbocycles. The number of nitrogens with one attached hydrogen (secondary N) is 1. The van der Waals surface area contributed by atoms with Gasteiger partial charge in [0.25, 0.3) is 5.91 Å². The van der Waals surface area contributed by atoms with E-state index in [4.69, 9.17) is 9.47 Å². The van der Waals surface area contributed by atoms with Gasteiger partial charge >= 0.3 is 11.9 Å². The second kappa shape index (κ2) is 9.32. The maximum atomic E-state index is 11.9. The number of thiazole rings is 1. The summed E-state index contributed by atoms with van der Waals surface area (Å²) >= 11 is 1.17. The van der Waals surface area contributed by atoms with Crippen molar-refractivity contribution in [1.82, 2.24) is 4.98 Å². The number of carbonyl (C=O) groups excluding carboxylic acids is 3. The molecule has 3 rings (SSSR count). The molecule has 0 bridgehead atoms. The number of methoxy groups -OCH3 is 1. The molecule has 1 N–H and O–H groups in total. The molecule has 0 radical (unpaired) electrons. The zero-order valence-electron chi connectivity index (χ0n) is 15.4. The van der Waals surface area contributed by atoms with Gasteiger partial charge in [-0.25, -0.2) is 9.78 Å². The SMILES string of the molecule is COC(=O)Cc1csc(NC(=O)COC(=O)COc2ccc3c(c2)CCC3)n1. The Hall–Kier alpha value is -2.94. The van der Waals surface area contributed by atoms with Crippen molar-refractivity contribution in [2.75, 3.05) is 25.6 Å². The first kappa shape index (κ1) is 19.8. The van der Waals surface area contributed by atoms with E-state index in [1.165, 1.54) is 29.6 Å². The van der Waals surface area contributed by atoms with Crippen molar-refractivity contribution in [1.29, 1.82) is 0 Å². The number of ether oxygens (including phenoxy) is 3. The molecule has 148 valence electrons. The van der Waals surface area contributed by atoms with Gasteiger partial charge in [0.2, 0.25) is 0 Å². The third-order valence-corrected chi connectivity index (χ3v) is 4.95. The lowest BCUT2D eigenvalue weighted by molar-refractivity contribution is -0.149. The van der Waals surface area contributed by atoms with E-state index < -0.39 is 24.5 Å². The lowest BCUT2D eigenvalue weighted by Crippen LogP contribution is -2.23. The second-order valence-corrected chi connectivity index (χ2v) is 7.04. The first-order chi connectivity index (χ1) is 13.5. The van der Waals surface area contributed by atoms with Gasteiger partial charge in [-0.2, -0.15) is 0 Å². The summed E-state index contributed by atoms with van der Waals surface area (Å²) < 4.78 is 14.9. The number of hydrogen-bond acceptors (Lipinski definition) is 8. The zero-order chi connectivity index (χ0) is 19.9. The van der Waals surface area contributed by atoms with Crippen LogP contribution in [0.25, 0.3) is 0 Å². The van der Waals surface area contributed by atoms with Crippen LogP contribution in [0.1, 0.15) is 23.2 Å². The Morgan fingerprint density at radius 3 is 2.79 bits per heavy atom. The lowest BCUT2D eigenvalue weighted by Gasteiger charge is -2.08. The fourth-order valence-corrected chi connectivity index (χ4v) is 3.52. The van der Waals surface area contributed by atoms with E-state index in [0.717, 1.165) is 19.3 Å². The van der Waals surface area contributed by atoms with Gasteiger partial charge in [0.1, 0.15) is 5.75 Å². The highest BCUT2D eigenvalue weighted by Crippen LogP contribution is 2.26. The molecule has 0 fully saturated rings. The number of hydrogen-bond donors (Lipinski definition) is 1. The molecule has 0 saturated carbocycles. The van der Waals surface area contributed by atoms with Crippen LogP contribution in [-0.4, -0.2) is 43.2 Å². The van der Waals surface area contributed by atoms with Gasteiger partial charge in [-0.1, -0.05) is 6.07 Å². The van der Waals surface area contributed by atoms with Crippen molar-refractivity contribution in [3.05, 3.63) is 40.4 Å². The predicted molar refractivity (Wildman–Crippen MR) is 101 cm³/mol. The normalized spacial score (nSPS) is 12.2. The molecule has 0 atom stereocenters. The predicted octanol–water partition coefficient (Wildman–Crippen LogP) is 1.91. The van der Waals surface area contributed by atoms with E-state index >= 15 is 0 Å². The minimum atomic E-state index is -0.638. The van der Waals surface area contributed by atoms with Crippen molar-refractivity contribution >= 4 is 34.3 Å². The zero-order valence-corrected chi connectivity index (χ0v) is 16.2. The standard InChI is InChI=1S/C19H20N2O6S/c1-25-17(23)8-14-11-28-19(20-14)21-16(22)9-27-18(24)10-26-15-6-5-12-3-2-4-13(12)7-15/h5-7,11H,2-4,8-10H2,1H3,(H,20,21,22). The van der Waals surface area contributed by atoms with Crippen molar-refractivity contribution in [2.24, 2.45) is 0 Å². The Morgan fingerprint density at radius 2 is 1.96 bits per heavy atom. The summed E-state index contributed by atoms with van der Waals surface area (Å²) in [6, 6.07) is 5.79. The number of rotatable bonds is 8. The summed E-state index contributed by atoms with van der Waals surface area (Å²) in [5, 5.41) is 4.47. The van der Waals surface area contributed by atoms with Crippen LogP contribution in [0.4, 0.5) is 5.13 Å². The number of aryl methyl sites for hydroxylation is 2. The van der Waals surface area contributed by atoms with Gasteiger partial charge in [0, 0.05) is 5.38 Å². The molecule has 0 aliphatic heterocycles. The number of carbonyl (C=O) groups is 3. The van der Waals surface area contributed by atoms with E-state index in [2.05, 4.69) is 15.0 Å². The number of nitrogens with zero attached hydrogens (tertiary/aromatic N) is 1. The van der Waals surface area contributed by atoms with Crippen molar-refractivity contribution < 1.29 is 28.6 Å². The smallest absolute Gasteiger partial charge is 0.344 e. The number of amides is 1. The molecule has 1 heterocycles. The topological polar surface area (TPSA) is 104 Å². The Labute approximate surface area is 165 Å². The monoisotopic (exact) mass is 404 g/mol. The molecule has 1 aromatic carbocycles. The third kappa shape index (κ3) is 5.53. The molecule has 28 heavy (non-hydrogen) atoms. The third-order valence-electron chi connectivity index (χ3n) is 4.14.